The molecule has 0 saturated heterocycles. The summed E-state index contributed by atoms with van der Waals surface area (Å²) in [5, 5.41) is 6.86. The van der Waals surface area contributed by atoms with Crippen LogP contribution < -0.4 is 10.6 Å². The lowest BCUT2D eigenvalue weighted by molar-refractivity contribution is 0.581. The van der Waals surface area contributed by atoms with Gasteiger partial charge in [0.15, 0.2) is 5.96 Å². The maximum atomic E-state index is 11.2. The Morgan fingerprint density at radius 2 is 2.17 bits per heavy atom. The van der Waals surface area contributed by atoms with E-state index in [0.29, 0.717) is 24.1 Å². The molecule has 0 amide bonds. The standard InChI is InChI=1S/C15H25ClN4O2S/c1-4-17-15(20-12(2)8-10-23(3,21)22)18-9-7-13-5-6-14(16)19-11-13/h5-6,11-12H,4,7-10H2,1-3H3,(H2,17,18,20). The van der Waals surface area contributed by atoms with E-state index in [1.54, 1.807) is 12.3 Å². The van der Waals surface area contributed by atoms with Gasteiger partial charge in [0.25, 0.3) is 0 Å². The predicted octanol–water partition coefficient (Wildman–Crippen LogP) is 1.66. The zero-order chi connectivity index (χ0) is 17.3. The van der Waals surface area contributed by atoms with Gasteiger partial charge in [-0.25, -0.2) is 13.4 Å². The Morgan fingerprint density at radius 3 is 2.74 bits per heavy atom. The Balaban J connectivity index is 2.50. The summed E-state index contributed by atoms with van der Waals surface area (Å²) in [5.74, 6) is 0.854. The third-order valence-electron chi connectivity index (χ3n) is 3.11. The summed E-state index contributed by atoms with van der Waals surface area (Å²) in [6, 6.07) is 3.72. The van der Waals surface area contributed by atoms with Crippen molar-refractivity contribution in [2.45, 2.75) is 32.7 Å². The lowest BCUT2D eigenvalue weighted by atomic mass is 10.2. The molecule has 6 nitrogen and oxygen atoms in total. The molecule has 130 valence electrons. The van der Waals surface area contributed by atoms with Crippen molar-refractivity contribution in [2.75, 3.05) is 25.1 Å². The Labute approximate surface area is 143 Å². The fourth-order valence-corrected chi connectivity index (χ4v) is 2.76. The van der Waals surface area contributed by atoms with Crippen molar-refractivity contribution >= 4 is 27.4 Å². The zero-order valence-corrected chi connectivity index (χ0v) is 15.4. The van der Waals surface area contributed by atoms with Crippen LogP contribution in [0.4, 0.5) is 0 Å². The number of nitrogens with zero attached hydrogens (tertiary/aromatic N) is 2. The minimum absolute atomic E-state index is 0.0275. The van der Waals surface area contributed by atoms with E-state index < -0.39 is 9.84 Å². The second kappa shape index (κ2) is 9.72. The average molecular weight is 361 g/mol. The van der Waals surface area contributed by atoms with E-state index in [1.807, 2.05) is 19.9 Å². The fraction of sp³-hybridized carbons (Fsp3) is 0.600. The highest BCUT2D eigenvalue weighted by Gasteiger charge is 2.09. The summed E-state index contributed by atoms with van der Waals surface area (Å²) in [7, 11) is -2.94. The first-order valence-electron chi connectivity index (χ1n) is 7.63. The number of hydrogen-bond acceptors (Lipinski definition) is 4. The van der Waals surface area contributed by atoms with Gasteiger partial charge in [0.05, 0.1) is 5.75 Å². The molecular weight excluding hydrogens is 336 g/mol. The number of pyridine rings is 1. The van der Waals surface area contributed by atoms with Gasteiger partial charge in [-0.2, -0.15) is 0 Å². The molecule has 0 spiro atoms. The van der Waals surface area contributed by atoms with Gasteiger partial charge in [0.1, 0.15) is 15.0 Å². The molecule has 0 aliphatic carbocycles. The molecule has 0 aromatic carbocycles. The van der Waals surface area contributed by atoms with Crippen LogP contribution in [0.15, 0.2) is 23.3 Å². The second-order valence-electron chi connectivity index (χ2n) is 5.46. The number of aromatic nitrogens is 1. The normalized spacial score (nSPS) is 13.7. The van der Waals surface area contributed by atoms with E-state index in [0.717, 1.165) is 18.5 Å². The van der Waals surface area contributed by atoms with Crippen LogP contribution in [-0.2, 0) is 16.3 Å². The molecule has 23 heavy (non-hydrogen) atoms. The first kappa shape index (κ1) is 19.7. The molecule has 0 saturated carbocycles. The summed E-state index contributed by atoms with van der Waals surface area (Å²) in [6.45, 7) is 5.28. The van der Waals surface area contributed by atoms with Crippen LogP contribution >= 0.6 is 11.6 Å². The van der Waals surface area contributed by atoms with Gasteiger partial charge in [-0.1, -0.05) is 17.7 Å². The van der Waals surface area contributed by atoms with Crippen molar-refractivity contribution in [3.05, 3.63) is 29.0 Å². The van der Waals surface area contributed by atoms with Crippen molar-refractivity contribution in [1.29, 1.82) is 0 Å². The van der Waals surface area contributed by atoms with E-state index in [4.69, 9.17) is 11.6 Å². The molecule has 1 aromatic rings. The van der Waals surface area contributed by atoms with Crippen molar-refractivity contribution in [3.8, 4) is 0 Å². The van der Waals surface area contributed by atoms with Gasteiger partial charge in [-0.05, 0) is 38.3 Å². The quantitative estimate of drug-likeness (QED) is 0.418. The molecular formula is C15H25ClN4O2S. The highest BCUT2D eigenvalue weighted by Crippen LogP contribution is 2.05. The highest BCUT2D eigenvalue weighted by atomic mass is 35.5. The maximum Gasteiger partial charge on any atom is 0.191 e. The largest absolute Gasteiger partial charge is 0.357 e. The number of rotatable bonds is 8. The molecule has 0 radical (unpaired) electrons. The molecule has 1 heterocycles. The summed E-state index contributed by atoms with van der Waals surface area (Å²) in [5.41, 5.74) is 1.07. The minimum atomic E-state index is -2.94. The third-order valence-corrected chi connectivity index (χ3v) is 4.31. The fourth-order valence-electron chi connectivity index (χ4n) is 1.87. The average Bonchev–Trinajstić information content (AvgIpc) is 2.47. The summed E-state index contributed by atoms with van der Waals surface area (Å²) >= 11 is 5.75. The van der Waals surface area contributed by atoms with E-state index >= 15 is 0 Å². The number of nitrogens with one attached hydrogen (secondary N) is 2. The van der Waals surface area contributed by atoms with Crippen LogP contribution in [0, 0.1) is 0 Å². The van der Waals surface area contributed by atoms with Gasteiger partial charge in [0.2, 0.25) is 0 Å². The molecule has 0 fully saturated rings. The molecule has 1 atom stereocenters. The SMILES string of the molecule is CCNC(=NCCc1ccc(Cl)nc1)NC(C)CCS(C)(=O)=O. The molecule has 1 rings (SSSR count). The smallest absolute Gasteiger partial charge is 0.191 e. The van der Waals surface area contributed by atoms with E-state index in [2.05, 4.69) is 20.6 Å². The molecule has 8 heteroatoms. The second-order valence-corrected chi connectivity index (χ2v) is 8.11. The van der Waals surface area contributed by atoms with Crippen molar-refractivity contribution in [2.24, 2.45) is 4.99 Å². The van der Waals surface area contributed by atoms with Crippen molar-refractivity contribution in [1.82, 2.24) is 15.6 Å². The first-order valence-corrected chi connectivity index (χ1v) is 10.1. The minimum Gasteiger partial charge on any atom is -0.357 e. The Hall–Kier alpha value is -1.34. The summed E-state index contributed by atoms with van der Waals surface area (Å²) in [4.78, 5) is 8.54. The number of hydrogen-bond donors (Lipinski definition) is 2. The summed E-state index contributed by atoms with van der Waals surface area (Å²) < 4.78 is 22.4. The van der Waals surface area contributed by atoms with Crippen molar-refractivity contribution < 1.29 is 8.42 Å². The lowest BCUT2D eigenvalue weighted by Crippen LogP contribution is -2.43. The van der Waals surface area contributed by atoms with Crippen LogP contribution in [0.25, 0.3) is 0 Å². The molecule has 1 aromatic heterocycles. The van der Waals surface area contributed by atoms with E-state index in [9.17, 15) is 8.42 Å². The van der Waals surface area contributed by atoms with Gasteiger partial charge >= 0.3 is 0 Å². The highest BCUT2D eigenvalue weighted by molar-refractivity contribution is 7.90. The molecule has 2 N–H and O–H groups in total. The number of aliphatic imine (C=N–C) groups is 1. The van der Waals surface area contributed by atoms with Crippen molar-refractivity contribution in [3.63, 3.8) is 0 Å². The van der Waals surface area contributed by atoms with E-state index in [1.165, 1.54) is 6.26 Å². The maximum absolute atomic E-state index is 11.2. The monoisotopic (exact) mass is 360 g/mol. The number of halogens is 1. The number of guanidine groups is 1. The molecule has 0 aliphatic heterocycles. The van der Waals surface area contributed by atoms with E-state index in [-0.39, 0.29) is 11.8 Å². The van der Waals surface area contributed by atoms with Gasteiger partial charge in [-0.3, -0.25) is 4.99 Å². The van der Waals surface area contributed by atoms with Gasteiger partial charge in [-0.15, -0.1) is 0 Å². The van der Waals surface area contributed by atoms with Crippen LogP contribution in [-0.4, -0.2) is 50.5 Å². The molecule has 0 aliphatic rings. The first-order chi connectivity index (χ1) is 10.8. The van der Waals surface area contributed by atoms with Gasteiger partial charge < -0.3 is 10.6 Å². The summed E-state index contributed by atoms with van der Waals surface area (Å²) in [6.07, 6.45) is 4.30. The molecule has 1 unspecified atom stereocenters. The van der Waals surface area contributed by atoms with Crippen LogP contribution in [0.3, 0.4) is 0 Å². The lowest BCUT2D eigenvalue weighted by Gasteiger charge is -2.17. The topological polar surface area (TPSA) is 83.4 Å². The van der Waals surface area contributed by atoms with Crippen LogP contribution in [0.1, 0.15) is 25.8 Å². The number of sulfone groups is 1. The molecule has 0 bridgehead atoms. The predicted molar refractivity (Wildman–Crippen MR) is 95.9 cm³/mol. The van der Waals surface area contributed by atoms with Crippen LogP contribution in [0.5, 0.6) is 0 Å². The Bertz CT molecular complexity index is 602. The van der Waals surface area contributed by atoms with Gasteiger partial charge in [0, 0.05) is 31.6 Å². The Morgan fingerprint density at radius 1 is 1.43 bits per heavy atom. The Kier molecular flexibility index (Phi) is 8.33. The zero-order valence-electron chi connectivity index (χ0n) is 13.8. The van der Waals surface area contributed by atoms with Crippen LogP contribution in [0.2, 0.25) is 5.15 Å². The third kappa shape index (κ3) is 9.40.